The Kier molecular flexibility index (Phi) is 7.09. The molecule has 0 aliphatic carbocycles. The van der Waals surface area contributed by atoms with Crippen LogP contribution in [0.5, 0.6) is 0 Å². The average molecular weight is 549 g/mol. The molecule has 4 heterocycles. The van der Waals surface area contributed by atoms with Crippen LogP contribution in [0.2, 0.25) is 10.0 Å². The van der Waals surface area contributed by atoms with E-state index in [-0.39, 0.29) is 12.2 Å². The number of β-amino-alcohol motifs (C(OH)–C–C–N with tert-alkyl or cyclic N) is 2. The molecule has 0 atom stereocenters. The number of benzene rings is 2. The van der Waals surface area contributed by atoms with E-state index in [0.29, 0.717) is 60.7 Å². The summed E-state index contributed by atoms with van der Waals surface area (Å²) in [5.41, 5.74) is 6.15. The van der Waals surface area contributed by atoms with Gasteiger partial charge in [0.1, 0.15) is 0 Å². The molecule has 0 bridgehead atoms. The maximum absolute atomic E-state index is 9.48. The Bertz CT molecular complexity index is 1330. The fraction of sp³-hybridized carbons (Fsp3) is 0.286. The van der Waals surface area contributed by atoms with Gasteiger partial charge in [0, 0.05) is 61.5 Å². The van der Waals surface area contributed by atoms with E-state index in [2.05, 4.69) is 29.7 Å². The lowest BCUT2D eigenvalue weighted by atomic mass is 9.98. The predicted octanol–water partition coefficient (Wildman–Crippen LogP) is 3.93. The topological polar surface area (TPSA) is 98.5 Å². The van der Waals surface area contributed by atoms with Gasteiger partial charge in [-0.15, -0.1) is 0 Å². The van der Waals surface area contributed by atoms with Crippen LogP contribution in [0.4, 0.5) is 0 Å². The number of aliphatic hydroxyl groups excluding tert-OH is 2. The number of hydrogen-bond donors (Lipinski definition) is 2. The number of likely N-dealkylation sites (tertiary alicyclic amines) is 2. The largest absolute Gasteiger partial charge is 0.390 e. The van der Waals surface area contributed by atoms with E-state index in [1.165, 1.54) is 0 Å². The molecule has 8 nitrogen and oxygen atoms in total. The molecule has 2 aromatic heterocycles. The number of nitrogens with zero attached hydrogens (tertiary/aromatic N) is 6. The molecule has 0 spiro atoms. The zero-order valence-corrected chi connectivity index (χ0v) is 22.0. The third-order valence-electron chi connectivity index (χ3n) is 6.90. The molecule has 2 aromatic carbocycles. The lowest BCUT2D eigenvalue weighted by Gasteiger charge is -2.35. The number of hydrogen-bond acceptors (Lipinski definition) is 8. The van der Waals surface area contributed by atoms with E-state index in [1.54, 1.807) is 24.8 Å². The van der Waals surface area contributed by atoms with Crippen molar-refractivity contribution in [3.05, 3.63) is 82.6 Å². The zero-order valence-electron chi connectivity index (χ0n) is 20.5. The van der Waals surface area contributed by atoms with Crippen LogP contribution in [-0.2, 0) is 13.1 Å². The van der Waals surface area contributed by atoms with Gasteiger partial charge in [-0.05, 0) is 0 Å². The summed E-state index contributed by atoms with van der Waals surface area (Å²) in [6, 6.07) is 11.6. The Hall–Kier alpha value is -2.98. The van der Waals surface area contributed by atoms with Crippen LogP contribution in [0, 0.1) is 0 Å². The molecule has 0 amide bonds. The maximum atomic E-state index is 9.48. The Labute approximate surface area is 230 Å². The predicted molar refractivity (Wildman–Crippen MR) is 147 cm³/mol. The minimum absolute atomic E-state index is 0.244. The van der Waals surface area contributed by atoms with E-state index in [9.17, 15) is 10.2 Å². The van der Waals surface area contributed by atoms with Crippen molar-refractivity contribution >= 4 is 23.2 Å². The third kappa shape index (κ3) is 5.16. The first-order chi connectivity index (χ1) is 18.4. The summed E-state index contributed by atoms with van der Waals surface area (Å²) >= 11 is 13.8. The molecule has 2 aliphatic rings. The van der Waals surface area contributed by atoms with E-state index in [4.69, 9.17) is 23.2 Å². The van der Waals surface area contributed by atoms with Crippen LogP contribution >= 0.6 is 23.2 Å². The smallest absolute Gasteiger partial charge is 0.0900 e. The van der Waals surface area contributed by atoms with Crippen molar-refractivity contribution in [3.63, 3.8) is 0 Å². The molecule has 0 radical (unpaired) electrons. The van der Waals surface area contributed by atoms with Gasteiger partial charge < -0.3 is 10.2 Å². The first-order valence-corrected chi connectivity index (χ1v) is 13.2. The van der Waals surface area contributed by atoms with Gasteiger partial charge in [0.2, 0.25) is 0 Å². The molecule has 6 rings (SSSR count). The lowest BCUT2D eigenvalue weighted by Crippen LogP contribution is -2.49. The minimum Gasteiger partial charge on any atom is -0.390 e. The second kappa shape index (κ2) is 10.6. The molecule has 194 valence electrons. The highest BCUT2D eigenvalue weighted by Crippen LogP contribution is 2.41. The average Bonchev–Trinajstić information content (AvgIpc) is 2.89. The Morgan fingerprint density at radius 3 is 1.34 bits per heavy atom. The van der Waals surface area contributed by atoms with Crippen molar-refractivity contribution in [2.75, 3.05) is 26.2 Å². The minimum atomic E-state index is -0.244. The van der Waals surface area contributed by atoms with Crippen molar-refractivity contribution in [1.82, 2.24) is 29.7 Å². The summed E-state index contributed by atoms with van der Waals surface area (Å²) in [7, 11) is 0. The summed E-state index contributed by atoms with van der Waals surface area (Å²) in [4.78, 5) is 22.5. The van der Waals surface area contributed by atoms with Gasteiger partial charge in [-0.2, -0.15) is 0 Å². The van der Waals surface area contributed by atoms with Crippen molar-refractivity contribution in [3.8, 4) is 33.6 Å². The van der Waals surface area contributed by atoms with Crippen LogP contribution in [-0.4, -0.2) is 78.3 Å². The second-order valence-corrected chi connectivity index (χ2v) is 10.6. The first-order valence-electron chi connectivity index (χ1n) is 12.5. The van der Waals surface area contributed by atoms with Crippen LogP contribution in [0.25, 0.3) is 33.6 Å². The molecular formula is C28H26Cl2N6O2. The molecule has 2 fully saturated rings. The summed E-state index contributed by atoms with van der Waals surface area (Å²) in [5, 5.41) is 20.0. The van der Waals surface area contributed by atoms with Crippen molar-refractivity contribution < 1.29 is 10.2 Å². The molecule has 2 saturated heterocycles. The number of aromatic nitrogens is 4. The molecular weight excluding hydrogens is 523 g/mol. The maximum Gasteiger partial charge on any atom is 0.0900 e. The second-order valence-electron chi connectivity index (χ2n) is 9.82. The number of rotatable bonds is 7. The van der Waals surface area contributed by atoms with Gasteiger partial charge in [0.15, 0.2) is 0 Å². The Morgan fingerprint density at radius 1 is 0.605 bits per heavy atom. The van der Waals surface area contributed by atoms with Gasteiger partial charge in [-0.1, -0.05) is 59.6 Å². The highest BCUT2D eigenvalue weighted by Gasteiger charge is 2.25. The molecule has 4 aromatic rings. The van der Waals surface area contributed by atoms with Crippen LogP contribution in [0.1, 0.15) is 11.4 Å². The SMILES string of the molecule is OC1CN(Cc2cnc(-c3cccc(-c4cccc(-c5cnc(CN6CC(O)C6)cn5)c4Cl)c3Cl)cn2)C1. The fourth-order valence-electron chi connectivity index (χ4n) is 4.83. The molecule has 0 unspecified atom stereocenters. The van der Waals surface area contributed by atoms with Gasteiger partial charge in [0.05, 0.1) is 69.8 Å². The number of halogens is 2. The van der Waals surface area contributed by atoms with E-state index >= 15 is 0 Å². The van der Waals surface area contributed by atoms with E-state index in [0.717, 1.165) is 33.6 Å². The van der Waals surface area contributed by atoms with E-state index < -0.39 is 0 Å². The molecule has 2 N–H and O–H groups in total. The molecule has 10 heteroatoms. The van der Waals surface area contributed by atoms with Gasteiger partial charge in [-0.3, -0.25) is 29.7 Å². The molecule has 38 heavy (non-hydrogen) atoms. The van der Waals surface area contributed by atoms with Gasteiger partial charge in [0.25, 0.3) is 0 Å². The normalized spacial score (nSPS) is 16.8. The molecule has 0 saturated carbocycles. The quantitative estimate of drug-likeness (QED) is 0.358. The van der Waals surface area contributed by atoms with Crippen molar-refractivity contribution in [1.29, 1.82) is 0 Å². The summed E-state index contributed by atoms with van der Waals surface area (Å²) < 4.78 is 0. The zero-order chi connectivity index (χ0) is 26.2. The van der Waals surface area contributed by atoms with E-state index in [1.807, 2.05) is 36.4 Å². The summed E-state index contributed by atoms with van der Waals surface area (Å²) in [6.07, 6.45) is 6.48. The highest BCUT2D eigenvalue weighted by atomic mass is 35.5. The van der Waals surface area contributed by atoms with Crippen LogP contribution in [0.15, 0.2) is 61.2 Å². The summed E-state index contributed by atoms with van der Waals surface area (Å²) in [6.45, 7) is 3.97. The Balaban J connectivity index is 1.24. The van der Waals surface area contributed by atoms with Gasteiger partial charge >= 0.3 is 0 Å². The lowest BCUT2D eigenvalue weighted by molar-refractivity contribution is -0.00381. The fourth-order valence-corrected chi connectivity index (χ4v) is 5.48. The van der Waals surface area contributed by atoms with Crippen molar-refractivity contribution in [2.24, 2.45) is 0 Å². The van der Waals surface area contributed by atoms with Gasteiger partial charge in [-0.25, -0.2) is 0 Å². The third-order valence-corrected chi connectivity index (χ3v) is 7.71. The van der Waals surface area contributed by atoms with Crippen LogP contribution < -0.4 is 0 Å². The van der Waals surface area contributed by atoms with Crippen LogP contribution in [0.3, 0.4) is 0 Å². The highest BCUT2D eigenvalue weighted by molar-refractivity contribution is 6.39. The Morgan fingerprint density at radius 2 is 1.00 bits per heavy atom. The summed E-state index contributed by atoms with van der Waals surface area (Å²) in [5.74, 6) is 0. The number of aliphatic hydroxyl groups is 2. The van der Waals surface area contributed by atoms with Crippen molar-refractivity contribution in [2.45, 2.75) is 25.3 Å². The molecule has 2 aliphatic heterocycles. The first kappa shape index (κ1) is 25.3. The standard InChI is InChI=1S/C28H26Cl2N6O2/c29-27-21(3-1-5-23(27)25-9-31-17(7-33-25)11-35-13-19(37)14-35)22-4-2-6-24(28(22)30)26-10-32-18(8-34-26)12-36-15-20(38)16-36/h1-10,19-20,37-38H,11-16H2. The monoisotopic (exact) mass is 548 g/mol.